The number of rotatable bonds is 2. The number of hydrogen-bond acceptors (Lipinski definition) is 6. The van der Waals surface area contributed by atoms with Gasteiger partial charge >= 0.3 is 6.09 Å². The number of thiazole rings is 1. The van der Waals surface area contributed by atoms with Crippen LogP contribution in [0.3, 0.4) is 0 Å². The van der Waals surface area contributed by atoms with Gasteiger partial charge in [-0.25, -0.2) is 14.8 Å². The number of nitrogens with zero attached hydrogens (tertiary/aromatic N) is 5. The summed E-state index contributed by atoms with van der Waals surface area (Å²) in [7, 11) is 1.96. The van der Waals surface area contributed by atoms with E-state index in [0.29, 0.717) is 13.1 Å². The highest BCUT2D eigenvalue weighted by Gasteiger charge is 2.27. The zero-order valence-electron chi connectivity index (χ0n) is 14.5. The smallest absolute Gasteiger partial charge is 0.410 e. The standard InChI is InChI=1S/C16H23N5O2S/c1-16(2,3)23-15(22)21-9-7-20(8-10-21)14-18-12(11-24-14)13-17-5-6-19(13)4/h5-6,11H,7-10H2,1-4H3. The molecule has 24 heavy (non-hydrogen) atoms. The fourth-order valence-corrected chi connectivity index (χ4v) is 3.39. The lowest BCUT2D eigenvalue weighted by atomic mass is 10.2. The largest absolute Gasteiger partial charge is 0.444 e. The molecular formula is C16H23N5O2S. The summed E-state index contributed by atoms with van der Waals surface area (Å²) in [4.78, 5) is 25.1. The first-order valence-electron chi connectivity index (χ1n) is 7.99. The zero-order valence-corrected chi connectivity index (χ0v) is 15.3. The number of amides is 1. The minimum atomic E-state index is -0.458. The number of carbonyl (C=O) groups is 1. The Morgan fingerprint density at radius 2 is 1.96 bits per heavy atom. The number of imidazole rings is 1. The Morgan fingerprint density at radius 3 is 2.54 bits per heavy atom. The number of ether oxygens (including phenoxy) is 1. The van der Waals surface area contributed by atoms with Gasteiger partial charge in [0.05, 0.1) is 0 Å². The van der Waals surface area contributed by atoms with Crippen molar-refractivity contribution in [1.82, 2.24) is 19.4 Å². The molecule has 0 aliphatic carbocycles. The molecule has 7 nitrogen and oxygen atoms in total. The molecule has 2 aromatic heterocycles. The van der Waals surface area contributed by atoms with E-state index in [9.17, 15) is 4.79 Å². The molecule has 3 heterocycles. The van der Waals surface area contributed by atoms with Crippen molar-refractivity contribution in [2.75, 3.05) is 31.1 Å². The van der Waals surface area contributed by atoms with Gasteiger partial charge < -0.3 is 19.1 Å². The molecule has 1 aliphatic heterocycles. The van der Waals surface area contributed by atoms with Crippen LogP contribution in [0.1, 0.15) is 20.8 Å². The molecule has 0 unspecified atom stereocenters. The van der Waals surface area contributed by atoms with Crippen LogP contribution in [0, 0.1) is 0 Å². The SMILES string of the molecule is Cn1ccnc1-c1csc(N2CCN(C(=O)OC(C)(C)C)CC2)n1. The number of aryl methyl sites for hydroxylation is 1. The lowest BCUT2D eigenvalue weighted by molar-refractivity contribution is 0.0240. The van der Waals surface area contributed by atoms with Gasteiger partial charge in [0.1, 0.15) is 11.3 Å². The second kappa shape index (κ2) is 6.43. The van der Waals surface area contributed by atoms with Gasteiger partial charge in [0.25, 0.3) is 0 Å². The molecule has 1 fully saturated rings. The van der Waals surface area contributed by atoms with Crippen molar-refractivity contribution in [2.24, 2.45) is 7.05 Å². The van der Waals surface area contributed by atoms with Gasteiger partial charge in [-0.05, 0) is 20.8 Å². The quantitative estimate of drug-likeness (QED) is 0.834. The summed E-state index contributed by atoms with van der Waals surface area (Å²) in [5, 5.41) is 2.99. The minimum Gasteiger partial charge on any atom is -0.444 e. The third-order valence-electron chi connectivity index (χ3n) is 3.74. The van der Waals surface area contributed by atoms with Crippen molar-refractivity contribution in [2.45, 2.75) is 26.4 Å². The molecule has 0 N–H and O–H groups in total. The molecule has 0 atom stereocenters. The molecular weight excluding hydrogens is 326 g/mol. The first kappa shape index (κ1) is 16.8. The van der Waals surface area contributed by atoms with Crippen molar-refractivity contribution in [3.63, 3.8) is 0 Å². The number of piperazine rings is 1. The van der Waals surface area contributed by atoms with Gasteiger partial charge in [0.2, 0.25) is 0 Å². The molecule has 130 valence electrons. The highest BCUT2D eigenvalue weighted by molar-refractivity contribution is 7.14. The first-order chi connectivity index (χ1) is 11.3. The minimum absolute atomic E-state index is 0.241. The van der Waals surface area contributed by atoms with Crippen molar-refractivity contribution in [3.8, 4) is 11.5 Å². The molecule has 1 saturated heterocycles. The summed E-state index contributed by atoms with van der Waals surface area (Å²) < 4.78 is 7.39. The lowest BCUT2D eigenvalue weighted by Crippen LogP contribution is -2.50. The van der Waals surface area contributed by atoms with Gasteiger partial charge in [-0.15, -0.1) is 11.3 Å². The average molecular weight is 349 g/mol. The van der Waals surface area contributed by atoms with Crippen molar-refractivity contribution >= 4 is 22.6 Å². The summed E-state index contributed by atoms with van der Waals surface area (Å²) in [6, 6.07) is 0. The van der Waals surface area contributed by atoms with E-state index >= 15 is 0 Å². The van der Waals surface area contributed by atoms with Crippen LogP contribution in [0.4, 0.5) is 9.93 Å². The highest BCUT2D eigenvalue weighted by Crippen LogP contribution is 2.27. The highest BCUT2D eigenvalue weighted by atomic mass is 32.1. The fraction of sp³-hybridized carbons (Fsp3) is 0.562. The first-order valence-corrected chi connectivity index (χ1v) is 8.87. The second-order valence-corrected chi connectivity index (χ2v) is 7.67. The summed E-state index contributed by atoms with van der Waals surface area (Å²) >= 11 is 1.61. The Hall–Kier alpha value is -2.09. The Bertz CT molecular complexity index is 710. The average Bonchev–Trinajstić information content (AvgIpc) is 3.14. The maximum atomic E-state index is 12.1. The van der Waals surface area contributed by atoms with E-state index in [1.807, 2.05) is 44.0 Å². The summed E-state index contributed by atoms with van der Waals surface area (Å²) in [5.41, 5.74) is 0.428. The molecule has 0 spiro atoms. The molecule has 0 saturated carbocycles. The van der Waals surface area contributed by atoms with Crippen molar-refractivity contribution < 1.29 is 9.53 Å². The molecule has 8 heteroatoms. The molecule has 3 rings (SSSR count). The van der Waals surface area contributed by atoms with Crippen molar-refractivity contribution in [1.29, 1.82) is 0 Å². The number of aromatic nitrogens is 3. The van der Waals surface area contributed by atoms with E-state index in [-0.39, 0.29) is 6.09 Å². The number of carbonyl (C=O) groups excluding carboxylic acids is 1. The summed E-state index contributed by atoms with van der Waals surface area (Å²) in [6.07, 6.45) is 3.44. The van der Waals surface area contributed by atoms with Crippen LogP contribution in [0.2, 0.25) is 0 Å². The van der Waals surface area contributed by atoms with E-state index < -0.39 is 5.60 Å². The van der Waals surface area contributed by atoms with Gasteiger partial charge in [0.15, 0.2) is 11.0 Å². The Labute approximate surface area is 145 Å². The third kappa shape index (κ3) is 3.69. The Kier molecular flexibility index (Phi) is 4.49. The Morgan fingerprint density at radius 1 is 1.25 bits per heavy atom. The van der Waals surface area contributed by atoms with Crippen LogP contribution < -0.4 is 4.90 Å². The van der Waals surface area contributed by atoms with Gasteiger partial charge in [0, 0.05) is 51.0 Å². The molecule has 0 radical (unpaired) electrons. The van der Waals surface area contributed by atoms with Crippen molar-refractivity contribution in [3.05, 3.63) is 17.8 Å². The van der Waals surface area contributed by atoms with Crippen LogP contribution >= 0.6 is 11.3 Å². The maximum Gasteiger partial charge on any atom is 0.410 e. The maximum absolute atomic E-state index is 12.1. The van der Waals surface area contributed by atoms with Crippen LogP contribution in [-0.4, -0.2) is 57.3 Å². The predicted octanol–water partition coefficient (Wildman–Crippen LogP) is 2.60. The monoisotopic (exact) mass is 349 g/mol. The summed E-state index contributed by atoms with van der Waals surface area (Å²) in [6.45, 7) is 8.46. The van der Waals surface area contributed by atoms with E-state index in [1.165, 1.54) is 0 Å². The molecule has 1 amide bonds. The van der Waals surface area contributed by atoms with E-state index in [0.717, 1.165) is 29.7 Å². The molecule has 0 bridgehead atoms. The predicted molar refractivity (Wildman–Crippen MR) is 94.3 cm³/mol. The number of hydrogen-bond donors (Lipinski definition) is 0. The third-order valence-corrected chi connectivity index (χ3v) is 4.65. The molecule has 2 aromatic rings. The fourth-order valence-electron chi connectivity index (χ4n) is 2.53. The molecule has 1 aliphatic rings. The number of anilines is 1. The topological polar surface area (TPSA) is 63.5 Å². The van der Waals surface area contributed by atoms with Crippen LogP contribution in [0.25, 0.3) is 11.5 Å². The summed E-state index contributed by atoms with van der Waals surface area (Å²) in [5.74, 6) is 0.866. The molecule has 0 aromatic carbocycles. The van der Waals surface area contributed by atoms with E-state index in [4.69, 9.17) is 9.72 Å². The van der Waals surface area contributed by atoms with Crippen LogP contribution in [0.15, 0.2) is 17.8 Å². The van der Waals surface area contributed by atoms with Gasteiger partial charge in [-0.1, -0.05) is 0 Å². The lowest BCUT2D eigenvalue weighted by Gasteiger charge is -2.35. The van der Waals surface area contributed by atoms with E-state index in [1.54, 1.807) is 22.4 Å². The van der Waals surface area contributed by atoms with Gasteiger partial charge in [-0.3, -0.25) is 0 Å². The van der Waals surface area contributed by atoms with Crippen LogP contribution in [0.5, 0.6) is 0 Å². The van der Waals surface area contributed by atoms with E-state index in [2.05, 4.69) is 9.88 Å². The van der Waals surface area contributed by atoms with Crippen LogP contribution in [-0.2, 0) is 11.8 Å². The Balaban J connectivity index is 1.60. The van der Waals surface area contributed by atoms with Gasteiger partial charge in [-0.2, -0.15) is 0 Å². The zero-order chi connectivity index (χ0) is 17.3. The second-order valence-electron chi connectivity index (χ2n) is 6.83. The normalized spacial score (nSPS) is 15.7.